The van der Waals surface area contributed by atoms with Gasteiger partial charge in [0, 0.05) is 22.8 Å². The van der Waals surface area contributed by atoms with Crippen LogP contribution < -0.4 is 5.32 Å². The quantitative estimate of drug-likeness (QED) is 0.737. The van der Waals surface area contributed by atoms with E-state index in [-0.39, 0.29) is 17.1 Å². The van der Waals surface area contributed by atoms with Crippen LogP contribution in [0.5, 0.6) is 0 Å². The molecule has 0 atom stereocenters. The minimum Gasteiger partial charge on any atom is -0.339 e. The van der Waals surface area contributed by atoms with E-state index in [9.17, 15) is 9.18 Å². The zero-order valence-corrected chi connectivity index (χ0v) is 15.2. The lowest BCUT2D eigenvalue weighted by molar-refractivity contribution is 0.101. The van der Waals surface area contributed by atoms with Gasteiger partial charge in [0.05, 0.1) is 6.54 Å². The summed E-state index contributed by atoms with van der Waals surface area (Å²) < 4.78 is 15.6. The van der Waals surface area contributed by atoms with Crippen LogP contribution in [0.3, 0.4) is 0 Å². The smallest absolute Gasteiger partial charge is 0.274 e. The summed E-state index contributed by atoms with van der Waals surface area (Å²) in [6.45, 7) is 6.61. The number of amides is 1. The van der Waals surface area contributed by atoms with E-state index in [0.717, 1.165) is 4.88 Å². The molecule has 0 aliphatic heterocycles. The van der Waals surface area contributed by atoms with E-state index >= 15 is 0 Å². The molecule has 0 spiro atoms. The molecule has 0 aliphatic carbocycles. The molecule has 0 unspecified atom stereocenters. The summed E-state index contributed by atoms with van der Waals surface area (Å²) >= 11 is 1.47. The highest BCUT2D eigenvalue weighted by Crippen LogP contribution is 2.30. The fraction of sp³-hybridized carbons (Fsp3) is 0.263. The molecule has 130 valence electrons. The van der Waals surface area contributed by atoms with Gasteiger partial charge in [-0.15, -0.1) is 11.3 Å². The van der Waals surface area contributed by atoms with Crippen molar-refractivity contribution in [2.24, 2.45) is 0 Å². The van der Waals surface area contributed by atoms with Crippen LogP contribution in [0.15, 0.2) is 48.8 Å². The normalized spacial score (nSPS) is 11.5. The SMILES string of the molecule is CC(C)(C)c1cnc(NC(=O)c2cccn2Cc2ccccc2F)s1. The van der Waals surface area contributed by atoms with Crippen molar-refractivity contribution in [1.29, 1.82) is 0 Å². The summed E-state index contributed by atoms with van der Waals surface area (Å²) in [7, 11) is 0. The number of aromatic nitrogens is 2. The highest BCUT2D eigenvalue weighted by atomic mass is 32.1. The van der Waals surface area contributed by atoms with Crippen LogP contribution >= 0.6 is 11.3 Å². The van der Waals surface area contributed by atoms with E-state index < -0.39 is 0 Å². The van der Waals surface area contributed by atoms with Gasteiger partial charge in [-0.1, -0.05) is 39.0 Å². The lowest BCUT2D eigenvalue weighted by atomic mass is 9.96. The molecule has 1 aromatic carbocycles. The Labute approximate surface area is 150 Å². The third-order valence-corrected chi connectivity index (χ3v) is 5.16. The summed E-state index contributed by atoms with van der Waals surface area (Å²) in [6.07, 6.45) is 3.56. The number of carbonyl (C=O) groups is 1. The number of hydrogen-bond donors (Lipinski definition) is 1. The van der Waals surface area contributed by atoms with Crippen molar-refractivity contribution in [1.82, 2.24) is 9.55 Å². The maximum absolute atomic E-state index is 13.9. The van der Waals surface area contributed by atoms with Crippen LogP contribution in [0.4, 0.5) is 9.52 Å². The average molecular weight is 357 g/mol. The van der Waals surface area contributed by atoms with Gasteiger partial charge in [0.25, 0.3) is 5.91 Å². The molecule has 4 nitrogen and oxygen atoms in total. The number of nitrogens with zero attached hydrogens (tertiary/aromatic N) is 2. The first kappa shape index (κ1) is 17.4. The van der Waals surface area contributed by atoms with E-state index in [0.29, 0.717) is 22.9 Å². The van der Waals surface area contributed by atoms with Crippen LogP contribution in [0.2, 0.25) is 0 Å². The zero-order valence-electron chi connectivity index (χ0n) is 14.4. The lowest BCUT2D eigenvalue weighted by Gasteiger charge is -2.14. The zero-order chi connectivity index (χ0) is 18.0. The summed E-state index contributed by atoms with van der Waals surface area (Å²) in [6, 6.07) is 10.1. The first-order valence-corrected chi connectivity index (χ1v) is 8.82. The fourth-order valence-corrected chi connectivity index (χ4v) is 3.28. The first-order valence-electron chi connectivity index (χ1n) is 8.01. The number of thiazole rings is 1. The second-order valence-corrected chi connectivity index (χ2v) is 7.88. The maximum Gasteiger partial charge on any atom is 0.274 e. The number of nitrogens with one attached hydrogen (secondary N) is 1. The van der Waals surface area contributed by atoms with E-state index in [1.807, 2.05) is 0 Å². The van der Waals surface area contributed by atoms with Crippen LogP contribution in [-0.2, 0) is 12.0 Å². The minimum atomic E-state index is -0.280. The summed E-state index contributed by atoms with van der Waals surface area (Å²) in [5.41, 5.74) is 0.999. The Morgan fingerprint density at radius 3 is 2.68 bits per heavy atom. The molecule has 1 amide bonds. The number of halogens is 1. The second-order valence-electron chi connectivity index (χ2n) is 6.85. The topological polar surface area (TPSA) is 46.9 Å². The Kier molecular flexibility index (Phi) is 4.72. The Hall–Kier alpha value is -2.47. The Morgan fingerprint density at radius 2 is 2.00 bits per heavy atom. The number of carbonyl (C=O) groups excluding carboxylic acids is 1. The molecule has 3 rings (SSSR count). The van der Waals surface area contributed by atoms with E-state index in [1.165, 1.54) is 17.4 Å². The van der Waals surface area contributed by atoms with Gasteiger partial charge in [-0.25, -0.2) is 9.37 Å². The van der Waals surface area contributed by atoms with Crippen molar-refractivity contribution in [2.45, 2.75) is 32.7 Å². The number of hydrogen-bond acceptors (Lipinski definition) is 3. The molecule has 0 radical (unpaired) electrons. The van der Waals surface area contributed by atoms with Crippen LogP contribution in [0.25, 0.3) is 0 Å². The number of anilines is 1. The third kappa shape index (κ3) is 3.96. The van der Waals surface area contributed by atoms with Crippen LogP contribution in [-0.4, -0.2) is 15.5 Å². The summed E-state index contributed by atoms with van der Waals surface area (Å²) in [5, 5.41) is 3.39. The maximum atomic E-state index is 13.9. The van der Waals surface area contributed by atoms with Gasteiger partial charge >= 0.3 is 0 Å². The monoisotopic (exact) mass is 357 g/mol. The van der Waals surface area contributed by atoms with E-state index in [1.54, 1.807) is 47.3 Å². The van der Waals surface area contributed by atoms with Gasteiger partial charge in [0.15, 0.2) is 5.13 Å². The van der Waals surface area contributed by atoms with Crippen molar-refractivity contribution in [3.8, 4) is 0 Å². The van der Waals surface area contributed by atoms with Gasteiger partial charge < -0.3 is 4.57 Å². The fourth-order valence-electron chi connectivity index (χ4n) is 2.41. The molecular formula is C19H20FN3OS. The summed E-state index contributed by atoms with van der Waals surface area (Å²) in [5.74, 6) is -0.534. The standard InChI is InChI=1S/C19H20FN3OS/c1-19(2,3)16-11-21-18(25-16)22-17(24)15-9-6-10-23(15)12-13-7-4-5-8-14(13)20/h4-11H,12H2,1-3H3,(H,21,22,24). The van der Waals surface area contributed by atoms with E-state index in [4.69, 9.17) is 0 Å². The van der Waals surface area contributed by atoms with Gasteiger partial charge in [0.2, 0.25) is 0 Å². The highest BCUT2D eigenvalue weighted by Gasteiger charge is 2.19. The molecule has 6 heteroatoms. The first-order chi connectivity index (χ1) is 11.8. The lowest BCUT2D eigenvalue weighted by Crippen LogP contribution is -2.17. The minimum absolute atomic E-state index is 0.00824. The van der Waals surface area contributed by atoms with Crippen molar-refractivity contribution in [3.63, 3.8) is 0 Å². The molecule has 2 aromatic heterocycles. The Bertz CT molecular complexity index is 892. The van der Waals surface area contributed by atoms with Crippen LogP contribution in [0, 0.1) is 5.82 Å². The predicted octanol–water partition coefficient (Wildman–Crippen LogP) is 4.68. The van der Waals surface area contributed by atoms with Gasteiger partial charge in [-0.05, 0) is 23.6 Å². The van der Waals surface area contributed by atoms with Crippen molar-refractivity contribution in [3.05, 3.63) is 70.7 Å². The highest BCUT2D eigenvalue weighted by molar-refractivity contribution is 7.15. The average Bonchev–Trinajstić information content (AvgIpc) is 3.18. The van der Waals surface area contributed by atoms with Gasteiger partial charge in [-0.3, -0.25) is 10.1 Å². The van der Waals surface area contributed by atoms with E-state index in [2.05, 4.69) is 31.1 Å². The Morgan fingerprint density at radius 1 is 1.24 bits per heavy atom. The molecule has 2 heterocycles. The molecule has 25 heavy (non-hydrogen) atoms. The van der Waals surface area contributed by atoms with Gasteiger partial charge in [0.1, 0.15) is 11.5 Å². The molecule has 0 aliphatic rings. The molecule has 3 aromatic rings. The molecule has 1 N–H and O–H groups in total. The molecule has 0 bridgehead atoms. The molecule has 0 saturated carbocycles. The summed E-state index contributed by atoms with van der Waals surface area (Å²) in [4.78, 5) is 18.0. The number of rotatable bonds is 4. The van der Waals surface area contributed by atoms with Crippen molar-refractivity contribution in [2.75, 3.05) is 5.32 Å². The molecule has 0 saturated heterocycles. The second kappa shape index (κ2) is 6.80. The Balaban J connectivity index is 1.77. The van der Waals surface area contributed by atoms with Crippen LogP contribution in [0.1, 0.15) is 41.7 Å². The molecule has 0 fully saturated rings. The largest absolute Gasteiger partial charge is 0.339 e. The predicted molar refractivity (Wildman–Crippen MR) is 98.7 cm³/mol. The number of benzene rings is 1. The third-order valence-electron chi connectivity index (χ3n) is 3.83. The molecular weight excluding hydrogens is 337 g/mol. The van der Waals surface area contributed by atoms with Gasteiger partial charge in [-0.2, -0.15) is 0 Å². The van der Waals surface area contributed by atoms with Crippen molar-refractivity contribution >= 4 is 22.4 Å². The van der Waals surface area contributed by atoms with Crippen molar-refractivity contribution < 1.29 is 9.18 Å².